The Morgan fingerprint density at radius 2 is 2.20 bits per heavy atom. The molecule has 2 aromatic heterocycles. The first-order valence-electron chi connectivity index (χ1n) is 6.47. The Hall–Kier alpha value is -1.34. The first-order valence-corrected chi connectivity index (χ1v) is 7.28. The van der Waals surface area contributed by atoms with E-state index in [4.69, 9.17) is 4.74 Å². The van der Waals surface area contributed by atoms with Gasteiger partial charge in [-0.15, -0.1) is 11.3 Å². The molecule has 0 aliphatic heterocycles. The summed E-state index contributed by atoms with van der Waals surface area (Å²) in [5.74, 6) is 1.38. The maximum absolute atomic E-state index is 12.0. The van der Waals surface area contributed by atoms with Crippen LogP contribution in [0, 0.1) is 0 Å². The Labute approximate surface area is 120 Å². The molecule has 0 fully saturated rings. The van der Waals surface area contributed by atoms with Crippen molar-refractivity contribution in [1.82, 2.24) is 9.97 Å². The molecule has 0 saturated heterocycles. The molecule has 0 radical (unpaired) electrons. The molecule has 0 unspecified atom stereocenters. The Bertz CT molecular complexity index is 574. The van der Waals surface area contributed by atoms with E-state index in [-0.39, 0.29) is 6.61 Å². The van der Waals surface area contributed by atoms with Crippen LogP contribution in [0.5, 0.6) is 0 Å². The highest BCUT2D eigenvalue weighted by Crippen LogP contribution is 2.29. The lowest BCUT2D eigenvalue weighted by Crippen LogP contribution is -2.09. The second kappa shape index (κ2) is 6.90. The molecule has 110 valence electrons. The van der Waals surface area contributed by atoms with Gasteiger partial charge in [0.15, 0.2) is 0 Å². The van der Waals surface area contributed by atoms with Crippen LogP contribution in [-0.4, -0.2) is 36.7 Å². The quantitative estimate of drug-likeness (QED) is 0.798. The van der Waals surface area contributed by atoms with E-state index >= 15 is 0 Å². The van der Waals surface area contributed by atoms with Gasteiger partial charge in [0.05, 0.1) is 12.0 Å². The van der Waals surface area contributed by atoms with E-state index in [1.165, 1.54) is 4.88 Å². The fraction of sp³-hybridized carbons (Fsp3) is 0.538. The predicted octanol–water partition coefficient (Wildman–Crippen LogP) is 3.12. The van der Waals surface area contributed by atoms with Crippen LogP contribution in [0.4, 0.5) is 14.6 Å². The lowest BCUT2D eigenvalue weighted by atomic mass is 10.3. The van der Waals surface area contributed by atoms with Gasteiger partial charge in [-0.25, -0.2) is 18.7 Å². The highest BCUT2D eigenvalue weighted by atomic mass is 32.1. The number of aromatic nitrogens is 2. The molecule has 2 aromatic rings. The van der Waals surface area contributed by atoms with Gasteiger partial charge >= 0.3 is 0 Å². The molecule has 0 atom stereocenters. The summed E-state index contributed by atoms with van der Waals surface area (Å²) in [5, 5.41) is 4.06. The number of alkyl halides is 2. The average Bonchev–Trinajstić information content (AvgIpc) is 2.85. The monoisotopic (exact) mass is 301 g/mol. The fourth-order valence-corrected chi connectivity index (χ4v) is 2.81. The van der Waals surface area contributed by atoms with Crippen molar-refractivity contribution in [3.05, 3.63) is 16.8 Å². The lowest BCUT2D eigenvalue weighted by molar-refractivity contribution is 0.0183. The average molecular weight is 301 g/mol. The van der Waals surface area contributed by atoms with Gasteiger partial charge in [-0.05, 0) is 12.5 Å². The summed E-state index contributed by atoms with van der Waals surface area (Å²) in [6, 6.07) is 2.09. The molecule has 7 heteroatoms. The van der Waals surface area contributed by atoms with E-state index in [0.29, 0.717) is 12.2 Å². The molecule has 20 heavy (non-hydrogen) atoms. The first kappa shape index (κ1) is 15.1. The van der Waals surface area contributed by atoms with Crippen molar-refractivity contribution >= 4 is 27.4 Å². The smallest absolute Gasteiger partial charge is 0.261 e. The molecule has 0 amide bonds. The van der Waals surface area contributed by atoms with E-state index in [2.05, 4.69) is 28.3 Å². The topological polar surface area (TPSA) is 47.0 Å². The summed E-state index contributed by atoms with van der Waals surface area (Å²) in [6.07, 6.45) is -1.05. The third-order valence-corrected chi connectivity index (χ3v) is 3.96. The van der Waals surface area contributed by atoms with Gasteiger partial charge in [-0.1, -0.05) is 6.92 Å². The van der Waals surface area contributed by atoms with Crippen molar-refractivity contribution in [2.75, 3.05) is 25.6 Å². The van der Waals surface area contributed by atoms with E-state index in [1.54, 1.807) is 11.3 Å². The number of halogens is 2. The number of thiophene rings is 1. The van der Waals surface area contributed by atoms with Crippen molar-refractivity contribution in [1.29, 1.82) is 0 Å². The normalized spacial score (nSPS) is 11.4. The number of aryl methyl sites for hydroxylation is 1. The van der Waals surface area contributed by atoms with Crippen molar-refractivity contribution in [2.24, 2.45) is 0 Å². The van der Waals surface area contributed by atoms with Gasteiger partial charge in [0.1, 0.15) is 23.1 Å². The second-order valence-corrected chi connectivity index (χ2v) is 5.35. The molecule has 0 aliphatic rings. The number of rotatable bonds is 7. The van der Waals surface area contributed by atoms with E-state index in [0.717, 1.165) is 22.5 Å². The number of anilines is 1. The van der Waals surface area contributed by atoms with Crippen LogP contribution in [0.2, 0.25) is 0 Å². The van der Waals surface area contributed by atoms with Crippen LogP contribution < -0.4 is 5.32 Å². The molecular formula is C13H17F2N3OS. The van der Waals surface area contributed by atoms with Crippen LogP contribution in [-0.2, 0) is 17.6 Å². The Balaban J connectivity index is 2.13. The zero-order valence-electron chi connectivity index (χ0n) is 11.4. The predicted molar refractivity (Wildman–Crippen MR) is 76.9 cm³/mol. The van der Waals surface area contributed by atoms with Crippen molar-refractivity contribution in [3.63, 3.8) is 0 Å². The van der Waals surface area contributed by atoms with Crippen molar-refractivity contribution < 1.29 is 13.5 Å². The van der Waals surface area contributed by atoms with Crippen molar-refractivity contribution in [3.8, 4) is 0 Å². The third kappa shape index (κ3) is 3.61. The zero-order chi connectivity index (χ0) is 14.5. The van der Waals surface area contributed by atoms with Gasteiger partial charge in [0, 0.05) is 18.3 Å². The van der Waals surface area contributed by atoms with Gasteiger partial charge < -0.3 is 10.1 Å². The number of hydrogen-bond acceptors (Lipinski definition) is 5. The number of nitrogens with one attached hydrogen (secondary N) is 1. The van der Waals surface area contributed by atoms with E-state index in [1.807, 2.05) is 7.05 Å². The number of nitrogens with zero attached hydrogens (tertiary/aromatic N) is 2. The molecule has 1 N–H and O–H groups in total. The van der Waals surface area contributed by atoms with E-state index < -0.39 is 13.0 Å². The standard InChI is InChI=1S/C13H17F2N3OS/c1-3-8-6-9-12(16-2)17-11(18-13(9)20-8)4-5-19-7-10(14)15/h6,10H,3-5,7H2,1-2H3,(H,16,17,18). The van der Waals surface area contributed by atoms with Crippen LogP contribution in [0.15, 0.2) is 6.07 Å². The molecule has 0 bridgehead atoms. The summed E-state index contributed by atoms with van der Waals surface area (Å²) in [6.45, 7) is 1.75. The summed E-state index contributed by atoms with van der Waals surface area (Å²) in [7, 11) is 1.81. The first-order chi connectivity index (χ1) is 9.63. The third-order valence-electron chi connectivity index (χ3n) is 2.79. The summed E-state index contributed by atoms with van der Waals surface area (Å²) in [5.41, 5.74) is 0. The maximum Gasteiger partial charge on any atom is 0.261 e. The molecule has 0 aliphatic carbocycles. The van der Waals surface area contributed by atoms with Gasteiger partial charge in [-0.2, -0.15) is 0 Å². The van der Waals surface area contributed by atoms with Crippen LogP contribution in [0.3, 0.4) is 0 Å². The lowest BCUT2D eigenvalue weighted by Gasteiger charge is -2.06. The molecule has 0 saturated carbocycles. The van der Waals surface area contributed by atoms with Gasteiger partial charge in [0.2, 0.25) is 0 Å². The van der Waals surface area contributed by atoms with Crippen molar-refractivity contribution in [2.45, 2.75) is 26.2 Å². The van der Waals surface area contributed by atoms with Gasteiger partial charge in [-0.3, -0.25) is 0 Å². The second-order valence-electron chi connectivity index (χ2n) is 4.24. The van der Waals surface area contributed by atoms with Crippen LogP contribution in [0.25, 0.3) is 10.2 Å². The molecule has 0 spiro atoms. The Morgan fingerprint density at radius 1 is 1.40 bits per heavy atom. The number of hydrogen-bond donors (Lipinski definition) is 1. The maximum atomic E-state index is 12.0. The minimum atomic E-state index is -2.43. The molecule has 0 aromatic carbocycles. The fourth-order valence-electron chi connectivity index (χ4n) is 1.83. The summed E-state index contributed by atoms with van der Waals surface area (Å²) in [4.78, 5) is 11.0. The van der Waals surface area contributed by atoms with Crippen LogP contribution >= 0.6 is 11.3 Å². The Kier molecular flexibility index (Phi) is 5.19. The zero-order valence-corrected chi connectivity index (χ0v) is 12.3. The minimum absolute atomic E-state index is 0.199. The largest absolute Gasteiger partial charge is 0.375 e. The summed E-state index contributed by atoms with van der Waals surface area (Å²) >= 11 is 1.63. The molecule has 2 rings (SSSR count). The van der Waals surface area contributed by atoms with E-state index in [9.17, 15) is 8.78 Å². The van der Waals surface area contributed by atoms with Gasteiger partial charge in [0.25, 0.3) is 6.43 Å². The van der Waals surface area contributed by atoms with Crippen LogP contribution in [0.1, 0.15) is 17.6 Å². The molecular weight excluding hydrogens is 284 g/mol. The Morgan fingerprint density at radius 3 is 2.85 bits per heavy atom. The highest BCUT2D eigenvalue weighted by molar-refractivity contribution is 7.18. The summed E-state index contributed by atoms with van der Waals surface area (Å²) < 4.78 is 28.8. The molecule has 4 nitrogen and oxygen atoms in total. The number of fused-ring (bicyclic) bond motifs is 1. The number of ether oxygens (including phenoxy) is 1. The molecule has 2 heterocycles. The minimum Gasteiger partial charge on any atom is -0.375 e. The SMILES string of the molecule is CCc1cc2c(NC)nc(CCOCC(F)F)nc2s1. The highest BCUT2D eigenvalue weighted by Gasteiger charge is 2.10.